The quantitative estimate of drug-likeness (QED) is 0.460. The third kappa shape index (κ3) is 2.23. The van der Waals surface area contributed by atoms with Crippen LogP contribution in [0, 0.1) is 12.1 Å². The highest BCUT2D eigenvalue weighted by molar-refractivity contribution is 9.10. The van der Waals surface area contributed by atoms with E-state index in [1.807, 2.05) is 0 Å². The lowest BCUT2D eigenvalue weighted by Gasteiger charge is -2.06. The number of hydrogen-bond acceptors (Lipinski definition) is 3. The zero-order valence-corrected chi connectivity index (χ0v) is 9.50. The van der Waals surface area contributed by atoms with Crippen molar-refractivity contribution in [2.45, 2.75) is 13.8 Å². The molecule has 0 amide bonds. The van der Waals surface area contributed by atoms with Crippen molar-refractivity contribution in [2.75, 3.05) is 6.61 Å². The van der Waals surface area contributed by atoms with Gasteiger partial charge < -0.3 is 9.94 Å². The van der Waals surface area contributed by atoms with Crippen molar-refractivity contribution in [1.29, 1.82) is 0 Å². The average molecular weight is 260 g/mol. The summed E-state index contributed by atoms with van der Waals surface area (Å²) in [4.78, 5) is 11.3. The number of pyridine rings is 1. The van der Waals surface area contributed by atoms with Crippen molar-refractivity contribution in [3.8, 4) is 0 Å². The number of ether oxygens (including phenoxy) is 1. The highest BCUT2D eigenvalue weighted by Gasteiger charge is 2.21. The molecule has 0 radical (unpaired) electrons. The zero-order valence-electron chi connectivity index (χ0n) is 7.91. The molecule has 0 bridgehead atoms. The molecular formula is C9H10BrNO3. The molecule has 0 spiro atoms. The highest BCUT2D eigenvalue weighted by atomic mass is 79.9. The van der Waals surface area contributed by atoms with Gasteiger partial charge in [0.1, 0.15) is 0 Å². The third-order valence-electron chi connectivity index (χ3n) is 1.66. The van der Waals surface area contributed by atoms with Crippen LogP contribution in [-0.4, -0.2) is 12.6 Å². The summed E-state index contributed by atoms with van der Waals surface area (Å²) in [7, 11) is 0. The summed E-state index contributed by atoms with van der Waals surface area (Å²) in [6.45, 7) is 3.64. The second kappa shape index (κ2) is 4.41. The van der Waals surface area contributed by atoms with Gasteiger partial charge >= 0.3 is 11.7 Å². The number of carbonyl (C=O) groups excluding carboxylic acids is 1. The molecule has 0 aliphatic rings. The fourth-order valence-electron chi connectivity index (χ4n) is 1.11. The second-order valence-corrected chi connectivity index (χ2v) is 3.65. The van der Waals surface area contributed by atoms with E-state index in [1.54, 1.807) is 19.9 Å². The van der Waals surface area contributed by atoms with Crippen molar-refractivity contribution in [2.24, 2.45) is 0 Å². The maximum atomic E-state index is 11.4. The van der Waals surface area contributed by atoms with Gasteiger partial charge in [-0.05, 0) is 35.8 Å². The molecule has 4 nitrogen and oxygen atoms in total. The summed E-state index contributed by atoms with van der Waals surface area (Å²) in [6.07, 6.45) is 1.28. The normalized spacial score (nSPS) is 9.93. The summed E-state index contributed by atoms with van der Waals surface area (Å²) >= 11 is 3.16. The second-order valence-electron chi connectivity index (χ2n) is 2.74. The van der Waals surface area contributed by atoms with Crippen molar-refractivity contribution >= 4 is 21.9 Å². The predicted molar refractivity (Wildman–Crippen MR) is 53.8 cm³/mol. The van der Waals surface area contributed by atoms with Crippen LogP contribution in [0.5, 0.6) is 0 Å². The number of esters is 1. The molecule has 0 saturated heterocycles. The van der Waals surface area contributed by atoms with E-state index in [4.69, 9.17) is 4.74 Å². The lowest BCUT2D eigenvalue weighted by molar-refractivity contribution is -0.609. The van der Waals surface area contributed by atoms with Crippen molar-refractivity contribution in [3.05, 3.63) is 33.2 Å². The molecule has 14 heavy (non-hydrogen) atoms. The molecule has 5 heteroatoms. The Hall–Kier alpha value is -1.10. The van der Waals surface area contributed by atoms with Gasteiger partial charge in [0.2, 0.25) is 0 Å². The lowest BCUT2D eigenvalue weighted by Crippen LogP contribution is -2.36. The smallest absolute Gasteiger partial charge is 0.405 e. The van der Waals surface area contributed by atoms with Crippen LogP contribution in [0.3, 0.4) is 0 Å². The van der Waals surface area contributed by atoms with E-state index in [9.17, 15) is 10.0 Å². The van der Waals surface area contributed by atoms with E-state index in [2.05, 4.69) is 15.9 Å². The van der Waals surface area contributed by atoms with Gasteiger partial charge in [0, 0.05) is 5.56 Å². The molecule has 0 N–H and O–H groups in total. The first kappa shape index (κ1) is 11.0. The van der Waals surface area contributed by atoms with Crippen LogP contribution in [0.1, 0.15) is 23.0 Å². The Bertz CT molecular complexity index is 342. The fraction of sp³-hybridized carbons (Fsp3) is 0.333. The minimum absolute atomic E-state index is 0.0371. The van der Waals surface area contributed by atoms with Gasteiger partial charge in [-0.15, -0.1) is 0 Å². The largest absolute Gasteiger partial charge is 0.618 e. The van der Waals surface area contributed by atoms with Crippen LogP contribution >= 0.6 is 15.9 Å². The number of hydrogen-bond donors (Lipinski definition) is 0. The zero-order chi connectivity index (χ0) is 10.7. The van der Waals surface area contributed by atoms with Gasteiger partial charge in [0.05, 0.1) is 11.1 Å². The molecule has 1 aromatic heterocycles. The summed E-state index contributed by atoms with van der Waals surface area (Å²) < 4.78 is 5.90. The fourth-order valence-corrected chi connectivity index (χ4v) is 1.64. The number of aromatic nitrogens is 1. The Kier molecular flexibility index (Phi) is 3.46. The predicted octanol–water partition coefficient (Wildman–Crippen LogP) is 1.57. The molecule has 1 aromatic rings. The summed E-state index contributed by atoms with van der Waals surface area (Å²) in [6, 6.07) is 1.70. The first-order valence-corrected chi connectivity index (χ1v) is 4.92. The van der Waals surface area contributed by atoms with E-state index in [0.29, 0.717) is 14.8 Å². The van der Waals surface area contributed by atoms with E-state index < -0.39 is 5.97 Å². The van der Waals surface area contributed by atoms with Gasteiger partial charge in [0.15, 0.2) is 6.20 Å². The van der Waals surface area contributed by atoms with Gasteiger partial charge in [-0.2, -0.15) is 4.73 Å². The molecule has 0 unspecified atom stereocenters. The first-order chi connectivity index (χ1) is 6.56. The maximum Gasteiger partial charge on any atom is 0.405 e. The topological polar surface area (TPSA) is 53.2 Å². The van der Waals surface area contributed by atoms with Crippen LogP contribution in [0.4, 0.5) is 0 Å². The summed E-state index contributed by atoms with van der Waals surface area (Å²) in [5.41, 5.74) is 0.628. The summed E-state index contributed by atoms with van der Waals surface area (Å²) in [5, 5.41) is 11.4. The van der Waals surface area contributed by atoms with E-state index in [1.165, 1.54) is 6.20 Å². The highest BCUT2D eigenvalue weighted by Crippen LogP contribution is 2.12. The number of halogens is 1. The molecule has 0 aromatic carbocycles. The number of rotatable bonds is 2. The Morgan fingerprint density at radius 1 is 1.71 bits per heavy atom. The first-order valence-electron chi connectivity index (χ1n) is 4.12. The molecule has 0 atom stereocenters. The molecule has 0 aliphatic heterocycles. The molecule has 0 saturated carbocycles. The van der Waals surface area contributed by atoms with Crippen LogP contribution < -0.4 is 4.73 Å². The Morgan fingerprint density at radius 3 is 2.86 bits per heavy atom. The van der Waals surface area contributed by atoms with E-state index in [0.717, 1.165) is 0 Å². The lowest BCUT2D eigenvalue weighted by atomic mass is 10.2. The van der Waals surface area contributed by atoms with Crippen molar-refractivity contribution in [1.82, 2.24) is 0 Å². The Morgan fingerprint density at radius 2 is 2.36 bits per heavy atom. The molecule has 1 heterocycles. The Labute approximate surface area is 90.2 Å². The Balaban J connectivity index is 3.14. The van der Waals surface area contributed by atoms with Crippen molar-refractivity contribution < 1.29 is 14.3 Å². The van der Waals surface area contributed by atoms with Gasteiger partial charge in [0.25, 0.3) is 0 Å². The molecule has 1 rings (SSSR count). The van der Waals surface area contributed by atoms with Crippen LogP contribution in [0.15, 0.2) is 16.7 Å². The van der Waals surface area contributed by atoms with Gasteiger partial charge in [-0.3, -0.25) is 0 Å². The minimum Gasteiger partial charge on any atom is -0.618 e. The molecule has 0 fully saturated rings. The number of carbonyl (C=O) groups is 1. The molecular weight excluding hydrogens is 250 g/mol. The summed E-state index contributed by atoms with van der Waals surface area (Å²) in [5.74, 6) is -0.590. The van der Waals surface area contributed by atoms with Gasteiger partial charge in [-0.25, -0.2) is 4.79 Å². The monoisotopic (exact) mass is 259 g/mol. The van der Waals surface area contributed by atoms with E-state index in [-0.39, 0.29) is 12.3 Å². The maximum absolute atomic E-state index is 11.4. The SMILES string of the molecule is CCOC(=O)c1c(C)cc(Br)c[n+]1[O-]. The molecule has 0 aliphatic carbocycles. The van der Waals surface area contributed by atoms with Crippen LogP contribution in [0.25, 0.3) is 0 Å². The van der Waals surface area contributed by atoms with Crippen molar-refractivity contribution in [3.63, 3.8) is 0 Å². The van der Waals surface area contributed by atoms with Crippen LogP contribution in [-0.2, 0) is 4.74 Å². The molecule has 76 valence electrons. The average Bonchev–Trinajstić information content (AvgIpc) is 2.01. The minimum atomic E-state index is -0.590. The third-order valence-corrected chi connectivity index (χ3v) is 2.09. The van der Waals surface area contributed by atoms with Gasteiger partial charge in [-0.1, -0.05) is 0 Å². The number of aryl methyl sites for hydroxylation is 1. The van der Waals surface area contributed by atoms with E-state index >= 15 is 0 Å². The van der Waals surface area contributed by atoms with Crippen LogP contribution in [0.2, 0.25) is 0 Å². The number of nitrogens with zero attached hydrogens (tertiary/aromatic N) is 1. The standard InChI is InChI=1S/C9H10BrNO3/c1-3-14-9(12)8-6(2)4-7(10)5-11(8)13/h4-5H,3H2,1-2H3.